The number of amides is 1. The number of rotatable bonds is 6. The fourth-order valence-electron chi connectivity index (χ4n) is 2.38. The molecule has 0 fully saturated rings. The predicted octanol–water partition coefficient (Wildman–Crippen LogP) is 1.73. The van der Waals surface area contributed by atoms with Crippen molar-refractivity contribution in [1.29, 1.82) is 0 Å². The molecule has 0 aliphatic carbocycles. The van der Waals surface area contributed by atoms with Crippen molar-refractivity contribution < 1.29 is 4.79 Å². The van der Waals surface area contributed by atoms with Crippen LogP contribution in [0, 0.1) is 5.92 Å². The molecule has 0 saturated carbocycles. The first kappa shape index (κ1) is 18.1. The number of carbonyl (C=O) groups excluding carboxylic acids is 1. The van der Waals surface area contributed by atoms with Crippen LogP contribution in [0.4, 0.5) is 0 Å². The van der Waals surface area contributed by atoms with Crippen molar-refractivity contribution in [2.45, 2.75) is 33.4 Å². The zero-order valence-corrected chi connectivity index (χ0v) is 15.0. The van der Waals surface area contributed by atoms with Crippen LogP contribution < -0.4 is 10.9 Å². The third kappa shape index (κ3) is 4.00. The Kier molecular flexibility index (Phi) is 5.72. The number of likely N-dealkylation sites (N-methyl/N-ethyl adjacent to an activating group) is 1. The molecule has 0 unspecified atom stereocenters. The molecule has 1 aromatic carbocycles. The van der Waals surface area contributed by atoms with Gasteiger partial charge in [0.1, 0.15) is 0 Å². The second-order valence-electron chi connectivity index (χ2n) is 6.80. The van der Waals surface area contributed by atoms with Crippen LogP contribution >= 0.6 is 0 Å². The highest BCUT2D eigenvalue weighted by molar-refractivity contribution is 6.04. The van der Waals surface area contributed by atoms with Gasteiger partial charge in [-0.05, 0) is 33.0 Å². The maximum atomic E-state index is 12.6. The van der Waals surface area contributed by atoms with E-state index in [1.165, 1.54) is 4.68 Å². The lowest BCUT2D eigenvalue weighted by Crippen LogP contribution is -2.39. The summed E-state index contributed by atoms with van der Waals surface area (Å²) in [6.45, 7) is 7.07. The Bertz CT molecular complexity index is 780. The van der Waals surface area contributed by atoms with E-state index >= 15 is 0 Å². The van der Waals surface area contributed by atoms with E-state index in [1.807, 2.05) is 45.8 Å². The summed E-state index contributed by atoms with van der Waals surface area (Å²) in [6.07, 6.45) is 0. The molecule has 0 bridgehead atoms. The number of carbonyl (C=O) groups is 1. The SMILES string of the molecule is CC(C)Cn1nc(C(=O)NC[C@H](C)N(C)C)c2ccccc2c1=O. The van der Waals surface area contributed by atoms with Crippen LogP contribution in [0.1, 0.15) is 31.3 Å². The topological polar surface area (TPSA) is 67.2 Å². The number of benzene rings is 1. The van der Waals surface area contributed by atoms with Crippen molar-refractivity contribution in [2.75, 3.05) is 20.6 Å². The van der Waals surface area contributed by atoms with E-state index in [9.17, 15) is 9.59 Å². The zero-order valence-electron chi connectivity index (χ0n) is 15.0. The largest absolute Gasteiger partial charge is 0.349 e. The molecule has 130 valence electrons. The highest BCUT2D eigenvalue weighted by atomic mass is 16.2. The summed E-state index contributed by atoms with van der Waals surface area (Å²) in [5, 5.41) is 8.38. The third-order valence-electron chi connectivity index (χ3n) is 4.06. The maximum Gasteiger partial charge on any atom is 0.274 e. The number of nitrogens with zero attached hydrogens (tertiary/aromatic N) is 3. The molecular weight excluding hydrogens is 304 g/mol. The maximum absolute atomic E-state index is 12.6. The third-order valence-corrected chi connectivity index (χ3v) is 4.06. The van der Waals surface area contributed by atoms with Gasteiger partial charge in [-0.15, -0.1) is 0 Å². The van der Waals surface area contributed by atoms with E-state index in [4.69, 9.17) is 0 Å². The number of fused-ring (bicyclic) bond motifs is 1. The molecule has 1 heterocycles. The normalized spacial score (nSPS) is 12.8. The lowest BCUT2D eigenvalue weighted by atomic mass is 10.1. The smallest absolute Gasteiger partial charge is 0.274 e. The van der Waals surface area contributed by atoms with Crippen LogP contribution in [0.15, 0.2) is 29.1 Å². The summed E-state index contributed by atoms with van der Waals surface area (Å²) in [6, 6.07) is 7.35. The molecular formula is C18H26N4O2. The first-order chi connectivity index (χ1) is 11.3. The van der Waals surface area contributed by atoms with Gasteiger partial charge in [-0.3, -0.25) is 9.59 Å². The molecule has 0 aliphatic rings. The van der Waals surface area contributed by atoms with Crippen molar-refractivity contribution in [3.8, 4) is 0 Å². The van der Waals surface area contributed by atoms with Crippen LogP contribution in [-0.4, -0.2) is 47.3 Å². The molecule has 6 heteroatoms. The lowest BCUT2D eigenvalue weighted by Gasteiger charge is -2.20. The predicted molar refractivity (Wildman–Crippen MR) is 96.3 cm³/mol. The molecule has 1 atom stereocenters. The fraction of sp³-hybridized carbons (Fsp3) is 0.500. The first-order valence-corrected chi connectivity index (χ1v) is 8.25. The molecule has 1 N–H and O–H groups in total. The van der Waals surface area contributed by atoms with Gasteiger partial charge < -0.3 is 10.2 Å². The Morgan fingerprint density at radius 2 is 1.83 bits per heavy atom. The van der Waals surface area contributed by atoms with Gasteiger partial charge in [0.05, 0.1) is 5.39 Å². The highest BCUT2D eigenvalue weighted by Crippen LogP contribution is 2.13. The van der Waals surface area contributed by atoms with Crippen molar-refractivity contribution in [3.05, 3.63) is 40.3 Å². The number of aromatic nitrogens is 2. The second-order valence-corrected chi connectivity index (χ2v) is 6.80. The van der Waals surface area contributed by atoms with Crippen molar-refractivity contribution in [3.63, 3.8) is 0 Å². The van der Waals surface area contributed by atoms with Crippen molar-refractivity contribution in [1.82, 2.24) is 20.0 Å². The van der Waals surface area contributed by atoms with Gasteiger partial charge in [0.25, 0.3) is 11.5 Å². The molecule has 2 aromatic rings. The first-order valence-electron chi connectivity index (χ1n) is 8.25. The van der Waals surface area contributed by atoms with Gasteiger partial charge >= 0.3 is 0 Å². The minimum absolute atomic E-state index is 0.155. The van der Waals surface area contributed by atoms with Crippen molar-refractivity contribution >= 4 is 16.7 Å². The minimum Gasteiger partial charge on any atom is -0.349 e. The Morgan fingerprint density at radius 1 is 1.21 bits per heavy atom. The van der Waals surface area contributed by atoms with Gasteiger partial charge in [0.15, 0.2) is 5.69 Å². The average Bonchev–Trinajstić information content (AvgIpc) is 2.54. The summed E-state index contributed by atoms with van der Waals surface area (Å²) in [5.41, 5.74) is 0.148. The summed E-state index contributed by atoms with van der Waals surface area (Å²) in [7, 11) is 3.93. The molecule has 0 spiro atoms. The number of nitrogens with one attached hydrogen (secondary N) is 1. The monoisotopic (exact) mass is 330 g/mol. The van der Waals surface area contributed by atoms with Gasteiger partial charge in [-0.1, -0.05) is 32.0 Å². The van der Waals surface area contributed by atoms with Gasteiger partial charge in [0, 0.05) is 24.5 Å². The zero-order chi connectivity index (χ0) is 17.9. The summed E-state index contributed by atoms with van der Waals surface area (Å²) < 4.78 is 1.40. The molecule has 0 radical (unpaired) electrons. The molecule has 0 saturated heterocycles. The van der Waals surface area contributed by atoms with E-state index in [1.54, 1.807) is 18.2 Å². The van der Waals surface area contributed by atoms with E-state index in [0.29, 0.717) is 29.6 Å². The molecule has 0 aliphatic heterocycles. The van der Waals surface area contributed by atoms with Gasteiger partial charge in [-0.2, -0.15) is 5.10 Å². The van der Waals surface area contributed by atoms with E-state index in [2.05, 4.69) is 10.4 Å². The van der Waals surface area contributed by atoms with Crippen LogP contribution in [-0.2, 0) is 6.54 Å². The van der Waals surface area contributed by atoms with Crippen molar-refractivity contribution in [2.24, 2.45) is 5.92 Å². The minimum atomic E-state index is -0.252. The summed E-state index contributed by atoms with van der Waals surface area (Å²) >= 11 is 0. The Morgan fingerprint density at radius 3 is 2.42 bits per heavy atom. The second kappa shape index (κ2) is 7.57. The Labute approximate surface area is 142 Å². The van der Waals surface area contributed by atoms with E-state index < -0.39 is 0 Å². The molecule has 1 aromatic heterocycles. The number of hydrogen-bond donors (Lipinski definition) is 1. The summed E-state index contributed by atoms with van der Waals surface area (Å²) in [4.78, 5) is 27.2. The molecule has 1 amide bonds. The fourth-order valence-corrected chi connectivity index (χ4v) is 2.38. The van der Waals surface area contributed by atoms with Crippen LogP contribution in [0.5, 0.6) is 0 Å². The molecule has 2 rings (SSSR count). The van der Waals surface area contributed by atoms with Crippen LogP contribution in [0.3, 0.4) is 0 Å². The lowest BCUT2D eigenvalue weighted by molar-refractivity contribution is 0.0938. The van der Waals surface area contributed by atoms with E-state index in [-0.39, 0.29) is 23.4 Å². The molecule has 6 nitrogen and oxygen atoms in total. The Hall–Kier alpha value is -2.21. The number of hydrogen-bond acceptors (Lipinski definition) is 4. The van der Waals surface area contributed by atoms with Crippen LogP contribution in [0.2, 0.25) is 0 Å². The van der Waals surface area contributed by atoms with Gasteiger partial charge in [0.2, 0.25) is 0 Å². The van der Waals surface area contributed by atoms with Crippen LogP contribution in [0.25, 0.3) is 10.8 Å². The molecule has 24 heavy (non-hydrogen) atoms. The summed E-state index contributed by atoms with van der Waals surface area (Å²) in [5.74, 6) is 0.0124. The standard InChI is InChI=1S/C18H26N4O2/c1-12(2)11-22-18(24)15-9-7-6-8-14(15)16(20-22)17(23)19-10-13(3)21(4)5/h6-9,12-13H,10-11H2,1-5H3,(H,19,23)/t13-/m0/s1. The van der Waals surface area contributed by atoms with E-state index in [0.717, 1.165) is 0 Å². The Balaban J connectivity index is 2.43. The average molecular weight is 330 g/mol. The quantitative estimate of drug-likeness (QED) is 0.876. The highest BCUT2D eigenvalue weighted by Gasteiger charge is 2.17. The van der Waals surface area contributed by atoms with Gasteiger partial charge in [-0.25, -0.2) is 4.68 Å².